The molecule has 3 rings (SSSR count). The number of fused-ring (bicyclic) bond motifs is 1. The van der Waals surface area contributed by atoms with Crippen LogP contribution in [-0.4, -0.2) is 10.8 Å². The van der Waals surface area contributed by atoms with Gasteiger partial charge in [-0.1, -0.05) is 11.6 Å². The minimum atomic E-state index is -0.333. The topological polar surface area (TPSA) is 32.9 Å². The fourth-order valence-electron chi connectivity index (χ4n) is 2.23. The molecule has 0 aliphatic carbocycles. The maximum Gasteiger partial charge on any atom is 0.195 e. The molecule has 100 valence electrons. The zero-order valence-corrected chi connectivity index (χ0v) is 11.5. The van der Waals surface area contributed by atoms with E-state index in [-0.39, 0.29) is 11.6 Å². The van der Waals surface area contributed by atoms with Gasteiger partial charge in [-0.15, -0.1) is 0 Å². The zero-order chi connectivity index (χ0) is 14.3. The van der Waals surface area contributed by atoms with Crippen molar-refractivity contribution in [3.63, 3.8) is 0 Å². The van der Waals surface area contributed by atoms with Gasteiger partial charge in [-0.3, -0.25) is 4.79 Å². The van der Waals surface area contributed by atoms with Gasteiger partial charge in [-0.2, -0.15) is 0 Å². The van der Waals surface area contributed by atoms with E-state index in [4.69, 9.17) is 11.6 Å². The number of aryl methyl sites for hydroxylation is 1. The van der Waals surface area contributed by atoms with Crippen LogP contribution in [0.2, 0.25) is 5.02 Å². The predicted octanol–water partition coefficient (Wildman–Crippen LogP) is 4.50. The van der Waals surface area contributed by atoms with Crippen LogP contribution in [0.15, 0.2) is 42.6 Å². The number of H-pyrrole nitrogens is 1. The largest absolute Gasteiger partial charge is 0.360 e. The number of ketones is 1. The van der Waals surface area contributed by atoms with Crippen molar-refractivity contribution >= 4 is 28.3 Å². The second kappa shape index (κ2) is 4.76. The third-order valence-corrected chi connectivity index (χ3v) is 3.73. The number of aromatic amines is 1. The lowest BCUT2D eigenvalue weighted by Crippen LogP contribution is -2.00. The molecule has 20 heavy (non-hydrogen) atoms. The molecule has 0 bridgehead atoms. The Morgan fingerprint density at radius 2 is 2.00 bits per heavy atom. The number of aromatic nitrogens is 1. The molecule has 0 aliphatic rings. The molecule has 0 aliphatic heterocycles. The SMILES string of the molecule is Cc1cc(C(=O)c2c[nH]c3cc(F)ccc23)ccc1Cl. The van der Waals surface area contributed by atoms with Crippen LogP contribution in [0.4, 0.5) is 4.39 Å². The molecule has 0 saturated heterocycles. The molecule has 1 aromatic heterocycles. The van der Waals surface area contributed by atoms with Crippen LogP contribution in [0, 0.1) is 12.7 Å². The molecule has 0 unspecified atom stereocenters. The first-order chi connectivity index (χ1) is 9.56. The van der Waals surface area contributed by atoms with E-state index in [1.165, 1.54) is 12.1 Å². The standard InChI is InChI=1S/C16H11ClFNO/c1-9-6-10(2-5-14(9)17)16(20)13-8-19-15-7-11(18)3-4-12(13)15/h2-8,19H,1H3. The van der Waals surface area contributed by atoms with Crippen molar-refractivity contribution in [3.05, 3.63) is 70.1 Å². The van der Waals surface area contributed by atoms with Crippen LogP contribution in [0.25, 0.3) is 10.9 Å². The van der Waals surface area contributed by atoms with Crippen molar-refractivity contribution in [2.24, 2.45) is 0 Å². The van der Waals surface area contributed by atoms with Gasteiger partial charge >= 0.3 is 0 Å². The molecule has 4 heteroatoms. The summed E-state index contributed by atoms with van der Waals surface area (Å²) in [4.78, 5) is 15.4. The first kappa shape index (κ1) is 12.9. The highest BCUT2D eigenvalue weighted by Crippen LogP contribution is 2.24. The third-order valence-electron chi connectivity index (χ3n) is 3.31. The molecule has 0 amide bonds. The molecule has 3 aromatic rings. The van der Waals surface area contributed by atoms with Gasteiger partial charge in [0, 0.05) is 33.2 Å². The van der Waals surface area contributed by atoms with E-state index in [0.717, 1.165) is 5.56 Å². The molecule has 0 saturated carbocycles. The van der Waals surface area contributed by atoms with Gasteiger partial charge in [0.2, 0.25) is 0 Å². The quantitative estimate of drug-likeness (QED) is 0.692. The maximum atomic E-state index is 13.1. The fourth-order valence-corrected chi connectivity index (χ4v) is 2.35. The Morgan fingerprint density at radius 1 is 1.20 bits per heavy atom. The van der Waals surface area contributed by atoms with Crippen LogP contribution < -0.4 is 0 Å². The number of nitrogens with one attached hydrogen (secondary N) is 1. The number of carbonyl (C=O) groups excluding carboxylic acids is 1. The number of hydrogen-bond acceptors (Lipinski definition) is 1. The van der Waals surface area contributed by atoms with E-state index in [2.05, 4.69) is 4.98 Å². The van der Waals surface area contributed by atoms with Crippen molar-refractivity contribution in [2.45, 2.75) is 6.92 Å². The first-order valence-electron chi connectivity index (χ1n) is 6.14. The number of benzene rings is 2. The normalized spacial score (nSPS) is 10.9. The number of rotatable bonds is 2. The van der Waals surface area contributed by atoms with Gasteiger partial charge in [-0.25, -0.2) is 4.39 Å². The summed E-state index contributed by atoms with van der Waals surface area (Å²) in [5.74, 6) is -0.441. The molecule has 2 nitrogen and oxygen atoms in total. The number of carbonyl (C=O) groups is 1. The van der Waals surface area contributed by atoms with E-state index in [1.807, 2.05) is 6.92 Å². The van der Waals surface area contributed by atoms with Gasteiger partial charge in [0.05, 0.1) is 0 Å². The van der Waals surface area contributed by atoms with Crippen molar-refractivity contribution in [1.29, 1.82) is 0 Å². The minimum Gasteiger partial charge on any atom is -0.360 e. The monoisotopic (exact) mass is 287 g/mol. The van der Waals surface area contributed by atoms with E-state index in [1.54, 1.807) is 30.5 Å². The van der Waals surface area contributed by atoms with Crippen molar-refractivity contribution in [1.82, 2.24) is 4.98 Å². The summed E-state index contributed by atoms with van der Waals surface area (Å²) >= 11 is 5.96. The number of hydrogen-bond donors (Lipinski definition) is 1. The highest BCUT2D eigenvalue weighted by molar-refractivity contribution is 6.31. The summed E-state index contributed by atoms with van der Waals surface area (Å²) in [7, 11) is 0. The smallest absolute Gasteiger partial charge is 0.195 e. The van der Waals surface area contributed by atoms with Gasteiger partial charge in [-0.05, 0) is 48.9 Å². The molecule has 0 radical (unpaired) electrons. The molecule has 0 spiro atoms. The summed E-state index contributed by atoms with van der Waals surface area (Å²) in [5, 5.41) is 1.34. The van der Waals surface area contributed by atoms with E-state index >= 15 is 0 Å². The Hall–Kier alpha value is -2.13. The maximum absolute atomic E-state index is 13.1. The Morgan fingerprint density at radius 3 is 2.75 bits per heavy atom. The number of halogens is 2. The van der Waals surface area contributed by atoms with Crippen LogP contribution in [0.5, 0.6) is 0 Å². The van der Waals surface area contributed by atoms with E-state index in [9.17, 15) is 9.18 Å². The third kappa shape index (κ3) is 2.10. The van der Waals surface area contributed by atoms with Crippen molar-refractivity contribution in [2.75, 3.05) is 0 Å². The Balaban J connectivity index is 2.10. The van der Waals surface area contributed by atoms with Gasteiger partial charge in [0.15, 0.2) is 5.78 Å². The summed E-state index contributed by atoms with van der Waals surface area (Å²) in [6.45, 7) is 1.85. The van der Waals surface area contributed by atoms with Crippen LogP contribution in [0.1, 0.15) is 21.5 Å². The average Bonchev–Trinajstić information content (AvgIpc) is 2.84. The first-order valence-corrected chi connectivity index (χ1v) is 6.51. The van der Waals surface area contributed by atoms with Crippen LogP contribution in [0.3, 0.4) is 0 Å². The second-order valence-electron chi connectivity index (χ2n) is 4.69. The highest BCUT2D eigenvalue weighted by atomic mass is 35.5. The Kier molecular flexibility index (Phi) is 3.07. The average molecular weight is 288 g/mol. The van der Waals surface area contributed by atoms with Gasteiger partial charge in [0.1, 0.15) is 5.82 Å². The van der Waals surface area contributed by atoms with Crippen LogP contribution >= 0.6 is 11.6 Å². The lowest BCUT2D eigenvalue weighted by Gasteiger charge is -2.03. The fraction of sp³-hybridized carbons (Fsp3) is 0.0625. The van der Waals surface area contributed by atoms with E-state index < -0.39 is 0 Å². The molecule has 1 heterocycles. The second-order valence-corrected chi connectivity index (χ2v) is 5.09. The predicted molar refractivity (Wildman–Crippen MR) is 77.9 cm³/mol. The molecular weight excluding hydrogens is 277 g/mol. The Labute approximate surface area is 120 Å². The molecule has 0 atom stereocenters. The van der Waals surface area contributed by atoms with Crippen LogP contribution in [-0.2, 0) is 0 Å². The van der Waals surface area contributed by atoms with Gasteiger partial charge < -0.3 is 4.98 Å². The summed E-state index contributed by atoms with van der Waals surface area (Å²) in [5.41, 5.74) is 2.56. The molecule has 2 aromatic carbocycles. The van der Waals surface area contributed by atoms with Crippen molar-refractivity contribution < 1.29 is 9.18 Å². The Bertz CT molecular complexity index is 822. The van der Waals surface area contributed by atoms with Gasteiger partial charge in [0.25, 0.3) is 0 Å². The highest BCUT2D eigenvalue weighted by Gasteiger charge is 2.15. The van der Waals surface area contributed by atoms with Crippen molar-refractivity contribution in [3.8, 4) is 0 Å². The van der Waals surface area contributed by atoms with E-state index in [0.29, 0.717) is 27.1 Å². The lowest BCUT2D eigenvalue weighted by molar-refractivity contribution is 0.104. The molecule has 1 N–H and O–H groups in total. The summed E-state index contributed by atoms with van der Waals surface area (Å²) in [6.07, 6.45) is 1.61. The minimum absolute atomic E-state index is 0.109. The lowest BCUT2D eigenvalue weighted by atomic mass is 10.0. The molecule has 0 fully saturated rings. The summed E-state index contributed by atoms with van der Waals surface area (Å²) in [6, 6.07) is 9.49. The zero-order valence-electron chi connectivity index (χ0n) is 10.7. The summed E-state index contributed by atoms with van der Waals surface area (Å²) < 4.78 is 13.1. The molecular formula is C16H11ClFNO.